The Balaban J connectivity index is 1.87. The van der Waals surface area contributed by atoms with E-state index in [4.69, 9.17) is 4.42 Å². The van der Waals surface area contributed by atoms with Crippen molar-refractivity contribution in [3.63, 3.8) is 0 Å². The van der Waals surface area contributed by atoms with Crippen molar-refractivity contribution in [2.75, 3.05) is 0 Å². The third-order valence-electron chi connectivity index (χ3n) is 3.02. The van der Waals surface area contributed by atoms with E-state index >= 15 is 0 Å². The lowest BCUT2D eigenvalue weighted by Crippen LogP contribution is -2.18. The van der Waals surface area contributed by atoms with Gasteiger partial charge in [0.15, 0.2) is 0 Å². The first-order chi connectivity index (χ1) is 10.1. The lowest BCUT2D eigenvalue weighted by Gasteiger charge is -2.14. The van der Waals surface area contributed by atoms with Crippen molar-refractivity contribution in [1.29, 1.82) is 0 Å². The fraction of sp³-hybridized carbons (Fsp3) is 0.333. The monoisotopic (exact) mass is 375 g/mol. The van der Waals surface area contributed by atoms with E-state index in [9.17, 15) is 8.78 Å². The molecule has 0 saturated carbocycles. The minimum atomic E-state index is -2.37. The SMILES string of the molecule is C[C@H](NCc1ccc(CSC(F)F)o1)c1ccccc1Br. The topological polar surface area (TPSA) is 25.2 Å². The predicted octanol–water partition coefficient (Wildman–Crippen LogP) is 5.35. The standard InChI is InChI=1S/C15H16BrF2NOS/c1-10(13-4-2-3-5-14(13)16)19-8-11-6-7-12(20-11)9-21-15(17)18/h2-7,10,15,19H,8-9H2,1H3/t10-/m0/s1. The number of hydrogen-bond donors (Lipinski definition) is 1. The molecule has 0 bridgehead atoms. The maximum absolute atomic E-state index is 12.1. The summed E-state index contributed by atoms with van der Waals surface area (Å²) in [6, 6.07) is 11.7. The van der Waals surface area contributed by atoms with Gasteiger partial charge in [0.05, 0.1) is 12.3 Å². The maximum Gasteiger partial charge on any atom is 0.284 e. The van der Waals surface area contributed by atoms with Gasteiger partial charge in [0, 0.05) is 10.5 Å². The molecule has 21 heavy (non-hydrogen) atoms. The maximum atomic E-state index is 12.1. The minimum Gasteiger partial charge on any atom is -0.464 e. The van der Waals surface area contributed by atoms with E-state index in [-0.39, 0.29) is 11.8 Å². The third kappa shape index (κ3) is 5.13. The molecule has 1 aromatic heterocycles. The Morgan fingerprint density at radius 3 is 2.62 bits per heavy atom. The normalized spacial score (nSPS) is 12.8. The Labute approximate surface area is 135 Å². The van der Waals surface area contributed by atoms with E-state index in [1.165, 1.54) is 0 Å². The molecule has 2 rings (SSSR count). The van der Waals surface area contributed by atoms with Crippen molar-refractivity contribution >= 4 is 27.7 Å². The molecule has 0 radical (unpaired) electrons. The van der Waals surface area contributed by atoms with Crippen LogP contribution in [0.15, 0.2) is 45.3 Å². The molecule has 0 aliphatic heterocycles. The van der Waals surface area contributed by atoms with E-state index in [2.05, 4.69) is 34.2 Å². The summed E-state index contributed by atoms with van der Waals surface area (Å²) >= 11 is 4.09. The minimum absolute atomic E-state index is 0.157. The summed E-state index contributed by atoms with van der Waals surface area (Å²) in [6.07, 6.45) is 0. The quantitative estimate of drug-likeness (QED) is 0.705. The number of halogens is 3. The summed E-state index contributed by atoms with van der Waals surface area (Å²) in [5, 5.41) is 3.36. The highest BCUT2D eigenvalue weighted by atomic mass is 79.9. The first-order valence-electron chi connectivity index (χ1n) is 6.51. The zero-order valence-corrected chi connectivity index (χ0v) is 13.9. The third-order valence-corrected chi connectivity index (χ3v) is 4.45. The van der Waals surface area contributed by atoms with Crippen LogP contribution in [0, 0.1) is 0 Å². The van der Waals surface area contributed by atoms with Crippen LogP contribution in [0.2, 0.25) is 0 Å². The molecule has 1 aromatic carbocycles. The van der Waals surface area contributed by atoms with Crippen molar-refractivity contribution in [3.8, 4) is 0 Å². The number of furan rings is 1. The van der Waals surface area contributed by atoms with Gasteiger partial charge in [0.25, 0.3) is 5.76 Å². The van der Waals surface area contributed by atoms with Crippen LogP contribution in [0.5, 0.6) is 0 Å². The molecular weight excluding hydrogens is 360 g/mol. The molecule has 0 spiro atoms. The highest BCUT2D eigenvalue weighted by molar-refractivity contribution is 9.10. The Morgan fingerprint density at radius 1 is 1.19 bits per heavy atom. The van der Waals surface area contributed by atoms with Gasteiger partial charge >= 0.3 is 0 Å². The van der Waals surface area contributed by atoms with Crippen molar-refractivity contribution in [3.05, 3.63) is 58.0 Å². The Hall–Kier alpha value is -0.850. The summed E-state index contributed by atoms with van der Waals surface area (Å²) < 4.78 is 30.8. The van der Waals surface area contributed by atoms with Crippen LogP contribution in [-0.2, 0) is 12.3 Å². The Morgan fingerprint density at radius 2 is 1.90 bits per heavy atom. The average molecular weight is 376 g/mol. The fourth-order valence-corrected chi connectivity index (χ4v) is 3.00. The van der Waals surface area contributed by atoms with E-state index < -0.39 is 5.76 Å². The van der Waals surface area contributed by atoms with E-state index in [1.807, 2.05) is 24.3 Å². The van der Waals surface area contributed by atoms with Gasteiger partial charge in [-0.1, -0.05) is 45.9 Å². The lowest BCUT2D eigenvalue weighted by atomic mass is 10.1. The molecular formula is C15H16BrF2NOS. The van der Waals surface area contributed by atoms with Crippen LogP contribution in [0.4, 0.5) is 8.78 Å². The van der Waals surface area contributed by atoms with E-state index in [0.29, 0.717) is 24.1 Å². The fourth-order valence-electron chi connectivity index (χ4n) is 1.93. The van der Waals surface area contributed by atoms with Crippen LogP contribution in [-0.4, -0.2) is 5.76 Å². The molecule has 0 amide bonds. The number of thioether (sulfide) groups is 1. The van der Waals surface area contributed by atoms with Gasteiger partial charge in [-0.2, -0.15) is 8.78 Å². The Bertz CT molecular complexity index is 576. The van der Waals surface area contributed by atoms with Crippen LogP contribution in [0.1, 0.15) is 30.0 Å². The molecule has 1 N–H and O–H groups in total. The zero-order valence-electron chi connectivity index (χ0n) is 11.5. The molecule has 114 valence electrons. The Kier molecular flexibility index (Phi) is 6.26. The molecule has 0 unspecified atom stereocenters. The average Bonchev–Trinajstić information content (AvgIpc) is 2.91. The van der Waals surface area contributed by atoms with Crippen LogP contribution < -0.4 is 5.32 Å². The molecule has 0 saturated heterocycles. The lowest BCUT2D eigenvalue weighted by molar-refractivity contribution is 0.251. The number of rotatable bonds is 7. The smallest absolute Gasteiger partial charge is 0.284 e. The second-order valence-electron chi connectivity index (χ2n) is 4.56. The molecule has 2 nitrogen and oxygen atoms in total. The molecule has 1 atom stereocenters. The summed E-state index contributed by atoms with van der Waals surface area (Å²) in [7, 11) is 0. The van der Waals surface area contributed by atoms with Gasteiger partial charge in [0.2, 0.25) is 0 Å². The van der Waals surface area contributed by atoms with E-state index in [0.717, 1.165) is 15.8 Å². The number of benzene rings is 1. The van der Waals surface area contributed by atoms with Crippen molar-refractivity contribution in [2.45, 2.75) is 31.0 Å². The van der Waals surface area contributed by atoms with Gasteiger partial charge in [0.1, 0.15) is 11.5 Å². The van der Waals surface area contributed by atoms with Crippen LogP contribution >= 0.6 is 27.7 Å². The largest absolute Gasteiger partial charge is 0.464 e. The second-order valence-corrected chi connectivity index (χ2v) is 6.40. The highest BCUT2D eigenvalue weighted by Gasteiger charge is 2.10. The van der Waals surface area contributed by atoms with Gasteiger partial charge in [-0.05, 0) is 30.7 Å². The van der Waals surface area contributed by atoms with Crippen LogP contribution in [0.3, 0.4) is 0 Å². The first-order valence-corrected chi connectivity index (χ1v) is 8.35. The van der Waals surface area contributed by atoms with Crippen molar-refractivity contribution < 1.29 is 13.2 Å². The molecule has 0 aliphatic rings. The molecule has 1 heterocycles. The number of nitrogens with one attached hydrogen (secondary N) is 1. The predicted molar refractivity (Wildman–Crippen MR) is 85.4 cm³/mol. The summed E-state index contributed by atoms with van der Waals surface area (Å²) in [5.74, 6) is -0.853. The van der Waals surface area contributed by atoms with Crippen molar-refractivity contribution in [2.24, 2.45) is 0 Å². The van der Waals surface area contributed by atoms with Gasteiger partial charge in [-0.25, -0.2) is 0 Å². The molecule has 6 heteroatoms. The van der Waals surface area contributed by atoms with Gasteiger partial charge in [-0.3, -0.25) is 0 Å². The summed E-state index contributed by atoms with van der Waals surface area (Å²) in [5.41, 5.74) is 1.16. The molecule has 2 aromatic rings. The molecule has 0 fully saturated rings. The van der Waals surface area contributed by atoms with E-state index in [1.54, 1.807) is 6.07 Å². The zero-order chi connectivity index (χ0) is 15.2. The molecule has 0 aliphatic carbocycles. The second kappa shape index (κ2) is 7.96. The first kappa shape index (κ1) is 16.5. The van der Waals surface area contributed by atoms with Gasteiger partial charge in [-0.15, -0.1) is 0 Å². The number of alkyl halides is 2. The van der Waals surface area contributed by atoms with Crippen molar-refractivity contribution in [1.82, 2.24) is 5.32 Å². The summed E-state index contributed by atoms with van der Waals surface area (Å²) in [6.45, 7) is 2.62. The highest BCUT2D eigenvalue weighted by Crippen LogP contribution is 2.24. The summed E-state index contributed by atoms with van der Waals surface area (Å²) in [4.78, 5) is 0. The van der Waals surface area contributed by atoms with Gasteiger partial charge < -0.3 is 9.73 Å². The van der Waals surface area contributed by atoms with Crippen LogP contribution in [0.25, 0.3) is 0 Å². The number of hydrogen-bond acceptors (Lipinski definition) is 3.